The zero-order valence-electron chi connectivity index (χ0n) is 13.5. The highest BCUT2D eigenvalue weighted by atomic mass is 16.5. The van der Waals surface area contributed by atoms with E-state index in [-0.39, 0.29) is 12.1 Å². The van der Waals surface area contributed by atoms with E-state index >= 15 is 0 Å². The Labute approximate surface area is 127 Å². The molecule has 0 amide bonds. The third-order valence-corrected chi connectivity index (χ3v) is 4.07. The van der Waals surface area contributed by atoms with E-state index in [1.807, 2.05) is 12.1 Å². The molecule has 1 N–H and O–H groups in total. The van der Waals surface area contributed by atoms with Crippen molar-refractivity contribution >= 4 is 0 Å². The third-order valence-electron chi connectivity index (χ3n) is 4.07. The predicted molar refractivity (Wildman–Crippen MR) is 84.1 cm³/mol. The Morgan fingerprint density at radius 2 is 1.95 bits per heavy atom. The van der Waals surface area contributed by atoms with Crippen molar-refractivity contribution in [1.29, 1.82) is 0 Å². The van der Waals surface area contributed by atoms with Crippen molar-refractivity contribution in [2.75, 3.05) is 27.9 Å². The van der Waals surface area contributed by atoms with Gasteiger partial charge >= 0.3 is 0 Å². The summed E-state index contributed by atoms with van der Waals surface area (Å²) in [4.78, 5) is 0. The van der Waals surface area contributed by atoms with Gasteiger partial charge in [-0.15, -0.1) is 0 Å². The molecule has 1 aromatic carbocycles. The number of methoxy groups -OCH3 is 3. The van der Waals surface area contributed by atoms with Gasteiger partial charge in [0.05, 0.1) is 26.4 Å². The van der Waals surface area contributed by atoms with Crippen molar-refractivity contribution in [3.05, 3.63) is 23.8 Å². The summed E-state index contributed by atoms with van der Waals surface area (Å²) < 4.78 is 16.7. The fourth-order valence-corrected chi connectivity index (χ4v) is 2.81. The molecule has 4 nitrogen and oxygen atoms in total. The van der Waals surface area contributed by atoms with Crippen molar-refractivity contribution in [2.24, 2.45) is 5.92 Å². The molecular formula is C17H27NO3. The molecule has 21 heavy (non-hydrogen) atoms. The average Bonchev–Trinajstić information content (AvgIpc) is 3.35. The summed E-state index contributed by atoms with van der Waals surface area (Å²) in [7, 11) is 5.20. The fourth-order valence-electron chi connectivity index (χ4n) is 2.81. The van der Waals surface area contributed by atoms with Gasteiger partial charge in [-0.3, -0.25) is 0 Å². The van der Waals surface area contributed by atoms with Crippen LogP contribution in [0.15, 0.2) is 18.2 Å². The van der Waals surface area contributed by atoms with Crippen LogP contribution in [-0.2, 0) is 4.74 Å². The molecule has 1 aliphatic rings. The molecule has 4 heteroatoms. The van der Waals surface area contributed by atoms with E-state index < -0.39 is 0 Å². The van der Waals surface area contributed by atoms with E-state index in [0.717, 1.165) is 30.0 Å². The van der Waals surface area contributed by atoms with Gasteiger partial charge in [0.2, 0.25) is 0 Å². The van der Waals surface area contributed by atoms with Gasteiger partial charge < -0.3 is 19.5 Å². The summed E-state index contributed by atoms with van der Waals surface area (Å²) in [5.74, 6) is 2.37. The van der Waals surface area contributed by atoms with Gasteiger partial charge in [-0.2, -0.15) is 0 Å². The topological polar surface area (TPSA) is 39.7 Å². The average molecular weight is 293 g/mol. The Morgan fingerprint density at radius 3 is 2.48 bits per heavy atom. The van der Waals surface area contributed by atoms with Crippen LogP contribution in [0.4, 0.5) is 0 Å². The SMILES string of the molecule is CCCNC(c1cc(OC)ccc1OC)C(OC)C1CC1. The first kappa shape index (κ1) is 16.1. The second-order valence-corrected chi connectivity index (χ2v) is 5.58. The van der Waals surface area contributed by atoms with Crippen molar-refractivity contribution in [1.82, 2.24) is 5.32 Å². The Kier molecular flexibility index (Phi) is 5.88. The summed E-state index contributed by atoms with van der Waals surface area (Å²) in [5.41, 5.74) is 1.11. The largest absolute Gasteiger partial charge is 0.497 e. The van der Waals surface area contributed by atoms with Crippen LogP contribution in [0.5, 0.6) is 11.5 Å². The van der Waals surface area contributed by atoms with E-state index in [0.29, 0.717) is 5.92 Å². The summed E-state index contributed by atoms with van der Waals surface area (Å²) in [6, 6.07) is 6.08. The van der Waals surface area contributed by atoms with Gasteiger partial charge in [-0.1, -0.05) is 6.92 Å². The smallest absolute Gasteiger partial charge is 0.124 e. The molecule has 1 saturated carbocycles. The van der Waals surface area contributed by atoms with Crippen molar-refractivity contribution < 1.29 is 14.2 Å². The van der Waals surface area contributed by atoms with Crippen LogP contribution in [0, 0.1) is 5.92 Å². The zero-order valence-corrected chi connectivity index (χ0v) is 13.5. The molecule has 0 aliphatic heterocycles. The third kappa shape index (κ3) is 3.89. The Morgan fingerprint density at radius 1 is 1.19 bits per heavy atom. The first-order chi connectivity index (χ1) is 10.2. The van der Waals surface area contributed by atoms with E-state index in [2.05, 4.69) is 18.3 Å². The molecule has 2 rings (SSSR count). The number of ether oxygens (including phenoxy) is 3. The normalized spacial score (nSPS) is 17.3. The molecule has 0 heterocycles. The number of nitrogens with one attached hydrogen (secondary N) is 1. The first-order valence-corrected chi connectivity index (χ1v) is 7.73. The van der Waals surface area contributed by atoms with E-state index in [1.165, 1.54) is 12.8 Å². The van der Waals surface area contributed by atoms with Crippen LogP contribution >= 0.6 is 0 Å². The lowest BCUT2D eigenvalue weighted by atomic mass is 9.96. The lowest BCUT2D eigenvalue weighted by molar-refractivity contribution is 0.0499. The second kappa shape index (κ2) is 7.66. The standard InChI is InChI=1S/C17H27NO3/c1-5-10-18-16(17(21-4)12-6-7-12)14-11-13(19-2)8-9-15(14)20-3/h8-9,11-12,16-18H,5-7,10H2,1-4H3. The maximum absolute atomic E-state index is 5.80. The molecule has 1 aromatic rings. The van der Waals surface area contributed by atoms with Gasteiger partial charge in [-0.25, -0.2) is 0 Å². The first-order valence-electron chi connectivity index (χ1n) is 7.73. The minimum atomic E-state index is 0.132. The summed E-state index contributed by atoms with van der Waals surface area (Å²) in [5, 5.41) is 3.62. The Balaban J connectivity index is 2.33. The lowest BCUT2D eigenvalue weighted by Crippen LogP contribution is -2.35. The number of hydrogen-bond donors (Lipinski definition) is 1. The fraction of sp³-hybridized carbons (Fsp3) is 0.647. The van der Waals surface area contributed by atoms with Crippen LogP contribution in [-0.4, -0.2) is 34.0 Å². The van der Waals surface area contributed by atoms with Gasteiger partial charge in [-0.05, 0) is 49.9 Å². The molecule has 0 spiro atoms. The van der Waals surface area contributed by atoms with Crippen LogP contribution in [0.3, 0.4) is 0 Å². The van der Waals surface area contributed by atoms with Crippen molar-refractivity contribution in [2.45, 2.75) is 38.3 Å². The number of rotatable bonds is 9. The molecule has 1 aliphatic carbocycles. The molecular weight excluding hydrogens is 266 g/mol. The van der Waals surface area contributed by atoms with Crippen LogP contribution in [0.2, 0.25) is 0 Å². The highest BCUT2D eigenvalue weighted by molar-refractivity contribution is 5.43. The minimum Gasteiger partial charge on any atom is -0.497 e. The summed E-state index contributed by atoms with van der Waals surface area (Å²) >= 11 is 0. The molecule has 2 atom stereocenters. The monoisotopic (exact) mass is 293 g/mol. The van der Waals surface area contributed by atoms with Gasteiger partial charge in [0, 0.05) is 12.7 Å². The number of hydrogen-bond acceptors (Lipinski definition) is 4. The van der Waals surface area contributed by atoms with Gasteiger partial charge in [0.15, 0.2) is 0 Å². The summed E-state index contributed by atoms with van der Waals surface area (Å²) in [6.45, 7) is 3.13. The quantitative estimate of drug-likeness (QED) is 0.759. The molecule has 0 radical (unpaired) electrons. The van der Waals surface area contributed by atoms with Crippen LogP contribution in [0.1, 0.15) is 37.8 Å². The van der Waals surface area contributed by atoms with Gasteiger partial charge in [0.1, 0.15) is 11.5 Å². The van der Waals surface area contributed by atoms with Crippen LogP contribution < -0.4 is 14.8 Å². The van der Waals surface area contributed by atoms with Crippen LogP contribution in [0.25, 0.3) is 0 Å². The highest BCUT2D eigenvalue weighted by Gasteiger charge is 2.38. The maximum atomic E-state index is 5.80. The molecule has 0 aromatic heterocycles. The number of benzene rings is 1. The predicted octanol–water partition coefficient (Wildman–Crippen LogP) is 3.17. The zero-order chi connectivity index (χ0) is 15.2. The van der Waals surface area contributed by atoms with Crippen molar-refractivity contribution in [3.8, 4) is 11.5 Å². The maximum Gasteiger partial charge on any atom is 0.124 e. The Hall–Kier alpha value is -1.26. The van der Waals surface area contributed by atoms with E-state index in [4.69, 9.17) is 14.2 Å². The minimum absolute atomic E-state index is 0.132. The van der Waals surface area contributed by atoms with E-state index in [9.17, 15) is 0 Å². The van der Waals surface area contributed by atoms with Gasteiger partial charge in [0.25, 0.3) is 0 Å². The highest BCUT2D eigenvalue weighted by Crippen LogP contribution is 2.42. The molecule has 1 fully saturated rings. The Bertz CT molecular complexity index is 446. The van der Waals surface area contributed by atoms with Crippen molar-refractivity contribution in [3.63, 3.8) is 0 Å². The second-order valence-electron chi connectivity index (χ2n) is 5.58. The molecule has 0 bridgehead atoms. The molecule has 0 saturated heterocycles. The van der Waals surface area contributed by atoms with E-state index in [1.54, 1.807) is 21.3 Å². The summed E-state index contributed by atoms with van der Waals surface area (Å²) in [6.07, 6.45) is 3.76. The lowest BCUT2D eigenvalue weighted by Gasteiger charge is -2.29. The molecule has 118 valence electrons. The molecule has 2 unspecified atom stereocenters.